The van der Waals surface area contributed by atoms with Gasteiger partial charge in [-0.05, 0) is 53.0 Å². The Kier molecular flexibility index (Phi) is 6.13. The van der Waals surface area contributed by atoms with E-state index >= 15 is 0 Å². The average molecular weight is 431 g/mol. The summed E-state index contributed by atoms with van der Waals surface area (Å²) in [4.78, 5) is 0. The third-order valence-corrected chi connectivity index (χ3v) is 12.4. The minimum atomic E-state index is -1.31. The monoisotopic (exact) mass is 430 g/mol. The number of nitrogens with zero attached hydrogens (tertiary/aromatic N) is 1. The second-order valence-electron chi connectivity index (χ2n) is 10.8. The van der Waals surface area contributed by atoms with Gasteiger partial charge in [0.15, 0.2) is 6.20 Å². The van der Waals surface area contributed by atoms with E-state index in [1.165, 1.54) is 70.1 Å². The Balaban J connectivity index is 1.93. The van der Waals surface area contributed by atoms with Crippen LogP contribution in [-0.2, 0) is 7.05 Å². The topological polar surface area (TPSA) is 3.88 Å². The lowest BCUT2D eigenvalue weighted by Gasteiger charge is -2.32. The first-order valence-corrected chi connectivity index (χ1v) is 15.2. The van der Waals surface area contributed by atoms with Crippen LogP contribution in [0.25, 0.3) is 22.0 Å². The molecule has 1 saturated heterocycles. The standard InChI is InChI=1S/C29H40NSi/c1-20(2)24-18-27(21(3)4)22(5)28(19-24)29-26-12-11-25(17-23(26)13-14-30(29)6)31(7)15-9-8-10-16-31/h11-14,17-21H,8-10,15-16H2,1-7H3/q+1. The van der Waals surface area contributed by atoms with Crippen LogP contribution in [-0.4, -0.2) is 8.07 Å². The fraction of sp³-hybridized carbons (Fsp3) is 0.483. The maximum absolute atomic E-state index is 2.61. The maximum Gasteiger partial charge on any atom is 0.220 e. The van der Waals surface area contributed by atoms with Crippen LogP contribution >= 0.6 is 0 Å². The molecule has 4 rings (SSSR count). The van der Waals surface area contributed by atoms with Crippen LogP contribution in [0.1, 0.15) is 75.5 Å². The Morgan fingerprint density at radius 1 is 0.871 bits per heavy atom. The SMILES string of the molecule is Cc1c(-c2c3ccc([Si]4(C)CCCCC4)cc3cc[n+]2C)cc(C(C)C)cc1C(C)C. The van der Waals surface area contributed by atoms with E-state index in [2.05, 4.69) is 95.4 Å². The zero-order chi connectivity index (χ0) is 22.3. The van der Waals surface area contributed by atoms with Crippen molar-refractivity contribution in [2.75, 3.05) is 0 Å². The summed E-state index contributed by atoms with van der Waals surface area (Å²) in [7, 11) is 0.899. The highest BCUT2D eigenvalue weighted by Crippen LogP contribution is 2.35. The van der Waals surface area contributed by atoms with Crippen molar-refractivity contribution in [3.63, 3.8) is 0 Å². The van der Waals surface area contributed by atoms with E-state index in [1.807, 2.05) is 0 Å². The molecule has 1 aromatic heterocycles. The lowest BCUT2D eigenvalue weighted by Crippen LogP contribution is -2.45. The van der Waals surface area contributed by atoms with Crippen molar-refractivity contribution in [3.05, 3.63) is 59.3 Å². The zero-order valence-electron chi connectivity index (χ0n) is 20.7. The molecule has 0 N–H and O–H groups in total. The van der Waals surface area contributed by atoms with Gasteiger partial charge in [0.2, 0.25) is 5.69 Å². The van der Waals surface area contributed by atoms with E-state index in [-0.39, 0.29) is 0 Å². The van der Waals surface area contributed by atoms with Gasteiger partial charge >= 0.3 is 0 Å². The van der Waals surface area contributed by atoms with Crippen LogP contribution in [0.2, 0.25) is 18.6 Å². The molecule has 2 heteroatoms. The molecule has 0 radical (unpaired) electrons. The highest BCUT2D eigenvalue weighted by molar-refractivity contribution is 6.91. The summed E-state index contributed by atoms with van der Waals surface area (Å²) >= 11 is 0. The highest BCUT2D eigenvalue weighted by Gasteiger charge is 2.32. The highest BCUT2D eigenvalue weighted by atomic mass is 28.3. The molecule has 1 aliphatic heterocycles. The van der Waals surface area contributed by atoms with Gasteiger partial charge in [0.25, 0.3) is 0 Å². The van der Waals surface area contributed by atoms with Gasteiger partial charge in [-0.1, -0.05) is 89.0 Å². The predicted octanol–water partition coefficient (Wildman–Crippen LogP) is 7.36. The minimum Gasteiger partial charge on any atom is -0.200 e. The Hall–Kier alpha value is -1.93. The van der Waals surface area contributed by atoms with Crippen molar-refractivity contribution in [1.29, 1.82) is 0 Å². The number of hydrogen-bond acceptors (Lipinski definition) is 0. The van der Waals surface area contributed by atoms with Crippen molar-refractivity contribution in [1.82, 2.24) is 0 Å². The summed E-state index contributed by atoms with van der Waals surface area (Å²) in [5, 5.41) is 4.46. The molecule has 0 bridgehead atoms. The van der Waals surface area contributed by atoms with Gasteiger partial charge in [-0.2, -0.15) is 0 Å². The van der Waals surface area contributed by atoms with E-state index in [0.717, 1.165) is 0 Å². The van der Waals surface area contributed by atoms with Crippen LogP contribution in [0.3, 0.4) is 0 Å². The van der Waals surface area contributed by atoms with Gasteiger partial charge in [-0.15, -0.1) is 0 Å². The fourth-order valence-corrected chi connectivity index (χ4v) is 9.52. The first kappa shape index (κ1) is 22.3. The summed E-state index contributed by atoms with van der Waals surface area (Å²) in [5.41, 5.74) is 7.12. The molecular formula is C29H40NSi+. The van der Waals surface area contributed by atoms with E-state index in [0.29, 0.717) is 11.8 Å². The minimum absolute atomic E-state index is 0.529. The number of pyridine rings is 1. The molecule has 2 aromatic carbocycles. The fourth-order valence-electron chi connectivity index (χ4n) is 5.64. The van der Waals surface area contributed by atoms with Crippen molar-refractivity contribution in [3.8, 4) is 11.3 Å². The second-order valence-corrected chi connectivity index (χ2v) is 15.5. The van der Waals surface area contributed by atoms with Gasteiger partial charge in [-0.25, -0.2) is 4.57 Å². The quantitative estimate of drug-likeness (QED) is 0.301. The van der Waals surface area contributed by atoms with Crippen molar-refractivity contribution >= 4 is 24.0 Å². The first-order chi connectivity index (χ1) is 14.7. The Morgan fingerprint density at radius 3 is 2.23 bits per heavy atom. The zero-order valence-corrected chi connectivity index (χ0v) is 21.7. The summed E-state index contributed by atoms with van der Waals surface area (Å²) in [6.45, 7) is 14.2. The number of fused-ring (bicyclic) bond motifs is 1. The Bertz CT molecular complexity index is 1100. The first-order valence-electron chi connectivity index (χ1n) is 12.3. The van der Waals surface area contributed by atoms with Gasteiger partial charge in [0.1, 0.15) is 7.05 Å². The van der Waals surface area contributed by atoms with Crippen LogP contribution in [0, 0.1) is 6.92 Å². The molecule has 0 saturated carbocycles. The van der Waals surface area contributed by atoms with Crippen LogP contribution in [0.4, 0.5) is 0 Å². The molecule has 0 unspecified atom stereocenters. The van der Waals surface area contributed by atoms with Gasteiger partial charge in [-0.3, -0.25) is 0 Å². The van der Waals surface area contributed by atoms with Crippen LogP contribution in [0.15, 0.2) is 42.6 Å². The predicted molar refractivity (Wildman–Crippen MR) is 138 cm³/mol. The number of benzene rings is 2. The van der Waals surface area contributed by atoms with E-state index < -0.39 is 8.07 Å². The molecule has 164 valence electrons. The van der Waals surface area contributed by atoms with Crippen molar-refractivity contribution in [2.24, 2.45) is 7.05 Å². The lowest BCUT2D eigenvalue weighted by atomic mass is 9.86. The molecular weight excluding hydrogens is 390 g/mol. The molecule has 1 fully saturated rings. The smallest absolute Gasteiger partial charge is 0.200 e. The third-order valence-electron chi connectivity index (χ3n) is 7.81. The molecule has 0 atom stereocenters. The molecule has 1 aliphatic rings. The molecule has 1 nitrogen and oxygen atoms in total. The summed E-state index contributed by atoms with van der Waals surface area (Å²) in [6.07, 6.45) is 6.55. The van der Waals surface area contributed by atoms with Gasteiger partial charge < -0.3 is 0 Å². The normalized spacial score (nSPS) is 16.4. The van der Waals surface area contributed by atoms with Crippen LogP contribution in [0.5, 0.6) is 0 Å². The Labute approximate surface area is 190 Å². The summed E-state index contributed by atoms with van der Waals surface area (Å²) in [5.74, 6) is 1.06. The van der Waals surface area contributed by atoms with E-state index in [9.17, 15) is 0 Å². The van der Waals surface area contributed by atoms with Crippen LogP contribution < -0.4 is 9.75 Å². The van der Waals surface area contributed by atoms with Gasteiger partial charge in [0.05, 0.1) is 19.0 Å². The number of rotatable bonds is 4. The largest absolute Gasteiger partial charge is 0.220 e. The lowest BCUT2D eigenvalue weighted by molar-refractivity contribution is -0.659. The van der Waals surface area contributed by atoms with Gasteiger partial charge in [0, 0.05) is 6.07 Å². The Morgan fingerprint density at radius 2 is 1.58 bits per heavy atom. The van der Waals surface area contributed by atoms with E-state index in [4.69, 9.17) is 0 Å². The number of aryl methyl sites for hydroxylation is 1. The number of hydrogen-bond donors (Lipinski definition) is 0. The van der Waals surface area contributed by atoms with Crippen molar-refractivity contribution < 1.29 is 4.57 Å². The molecule has 3 aromatic rings. The summed E-state index contributed by atoms with van der Waals surface area (Å²) < 4.78 is 2.33. The maximum atomic E-state index is 2.61. The van der Waals surface area contributed by atoms with Crippen molar-refractivity contribution in [2.45, 2.75) is 84.4 Å². The molecule has 0 aliphatic carbocycles. The average Bonchev–Trinajstić information content (AvgIpc) is 2.74. The third kappa shape index (κ3) is 4.12. The molecule has 0 spiro atoms. The van der Waals surface area contributed by atoms with E-state index in [1.54, 1.807) is 5.19 Å². The molecule has 31 heavy (non-hydrogen) atoms. The number of aromatic nitrogens is 1. The second kappa shape index (κ2) is 8.54. The molecule has 0 amide bonds. The molecule has 2 heterocycles. The summed E-state index contributed by atoms with van der Waals surface area (Å²) in [6, 6.07) is 17.6.